The van der Waals surface area contributed by atoms with E-state index < -0.39 is 6.10 Å². The highest BCUT2D eigenvalue weighted by Crippen LogP contribution is 2.18. The topological polar surface area (TPSA) is 78.9 Å². The lowest BCUT2D eigenvalue weighted by molar-refractivity contribution is -0.167. The van der Waals surface area contributed by atoms with E-state index in [1.807, 2.05) is 0 Å². The number of carbonyl (C=O) groups excluding carboxylic acids is 3. The Labute approximate surface area is 474 Å². The van der Waals surface area contributed by atoms with Gasteiger partial charge < -0.3 is 14.2 Å². The van der Waals surface area contributed by atoms with Crippen molar-refractivity contribution >= 4 is 17.9 Å². The van der Waals surface area contributed by atoms with Gasteiger partial charge in [-0.1, -0.05) is 340 Å². The van der Waals surface area contributed by atoms with Crippen LogP contribution in [0.1, 0.15) is 387 Å². The van der Waals surface area contributed by atoms with Crippen LogP contribution < -0.4 is 0 Å². The summed E-state index contributed by atoms with van der Waals surface area (Å²) in [6, 6.07) is 0. The molecule has 0 radical (unpaired) electrons. The fourth-order valence-electron chi connectivity index (χ4n) is 10.5. The van der Waals surface area contributed by atoms with Crippen molar-refractivity contribution in [2.75, 3.05) is 13.2 Å². The first kappa shape index (κ1) is 73.9. The average molecular weight is 1070 g/mol. The molecule has 76 heavy (non-hydrogen) atoms. The van der Waals surface area contributed by atoms with Crippen LogP contribution in [0, 0.1) is 0 Å². The molecular formula is C70H132O6. The van der Waals surface area contributed by atoms with E-state index in [2.05, 4.69) is 45.1 Å². The minimum absolute atomic E-state index is 0.0633. The summed E-state index contributed by atoms with van der Waals surface area (Å²) in [5.74, 6) is -0.833. The Hall–Kier alpha value is -2.11. The monoisotopic (exact) mass is 1070 g/mol. The summed E-state index contributed by atoms with van der Waals surface area (Å²) in [7, 11) is 0. The van der Waals surface area contributed by atoms with E-state index in [1.165, 1.54) is 283 Å². The van der Waals surface area contributed by atoms with Crippen LogP contribution in [0.5, 0.6) is 0 Å². The molecule has 0 aromatic heterocycles. The molecule has 0 saturated carbocycles. The lowest BCUT2D eigenvalue weighted by Gasteiger charge is -2.18. The summed E-state index contributed by atoms with van der Waals surface area (Å²) in [5, 5.41) is 0. The van der Waals surface area contributed by atoms with E-state index in [0.29, 0.717) is 19.3 Å². The van der Waals surface area contributed by atoms with E-state index >= 15 is 0 Å². The summed E-state index contributed by atoms with van der Waals surface area (Å²) < 4.78 is 16.9. The molecule has 0 saturated heterocycles. The maximum Gasteiger partial charge on any atom is 0.306 e. The Morgan fingerprint density at radius 3 is 0.724 bits per heavy atom. The molecule has 6 heteroatoms. The van der Waals surface area contributed by atoms with Crippen molar-refractivity contribution in [1.29, 1.82) is 0 Å². The summed E-state index contributed by atoms with van der Waals surface area (Å²) >= 11 is 0. The maximum absolute atomic E-state index is 12.9. The molecule has 0 aliphatic heterocycles. The zero-order valence-corrected chi connectivity index (χ0v) is 51.6. The third kappa shape index (κ3) is 62.7. The van der Waals surface area contributed by atoms with Crippen molar-refractivity contribution < 1.29 is 28.6 Å². The minimum Gasteiger partial charge on any atom is -0.462 e. The Kier molecular flexibility index (Phi) is 63.6. The molecule has 0 fully saturated rings. The van der Waals surface area contributed by atoms with Gasteiger partial charge in [0.1, 0.15) is 13.2 Å². The van der Waals surface area contributed by atoms with Crippen molar-refractivity contribution in [1.82, 2.24) is 0 Å². The van der Waals surface area contributed by atoms with Crippen LogP contribution in [-0.2, 0) is 28.6 Å². The van der Waals surface area contributed by atoms with Crippen molar-refractivity contribution in [2.45, 2.75) is 393 Å². The number of esters is 3. The Balaban J connectivity index is 4.09. The van der Waals surface area contributed by atoms with Gasteiger partial charge in [0.2, 0.25) is 0 Å². The minimum atomic E-state index is -0.765. The zero-order chi connectivity index (χ0) is 55.0. The molecule has 0 aliphatic carbocycles. The van der Waals surface area contributed by atoms with Gasteiger partial charge in [0.25, 0.3) is 0 Å². The van der Waals surface area contributed by atoms with Gasteiger partial charge in [-0.25, -0.2) is 0 Å². The van der Waals surface area contributed by atoms with E-state index in [4.69, 9.17) is 14.2 Å². The van der Waals surface area contributed by atoms with E-state index in [0.717, 1.165) is 64.2 Å². The molecular weight excluding hydrogens is 937 g/mol. The van der Waals surface area contributed by atoms with Crippen molar-refractivity contribution in [2.24, 2.45) is 0 Å². The van der Waals surface area contributed by atoms with E-state index in [-0.39, 0.29) is 31.1 Å². The maximum atomic E-state index is 12.9. The molecule has 0 aromatic carbocycles. The number of rotatable bonds is 64. The van der Waals surface area contributed by atoms with Gasteiger partial charge in [-0.15, -0.1) is 0 Å². The number of hydrogen-bond donors (Lipinski definition) is 0. The number of hydrogen-bond acceptors (Lipinski definition) is 6. The van der Waals surface area contributed by atoms with Crippen LogP contribution in [0.2, 0.25) is 0 Å². The lowest BCUT2D eigenvalue weighted by Crippen LogP contribution is -2.30. The van der Waals surface area contributed by atoms with E-state index in [9.17, 15) is 14.4 Å². The fourth-order valence-corrected chi connectivity index (χ4v) is 10.5. The summed E-state index contributed by atoms with van der Waals surface area (Å²) in [6.45, 7) is 6.70. The second-order valence-electron chi connectivity index (χ2n) is 23.5. The first-order valence-electron chi connectivity index (χ1n) is 34.3. The molecule has 6 nitrogen and oxygen atoms in total. The first-order chi connectivity index (χ1) is 37.5. The SMILES string of the molecule is CCCCCCC/C=C\C/C=C\CCCCCCCCCCCCCCCCCCCCCC(=O)OCC(COC(=O)CCCCCCCCCCCCCC)OC(=O)CCCCCCCCCCCCCCCCC. The highest BCUT2D eigenvalue weighted by molar-refractivity contribution is 5.71. The number of carbonyl (C=O) groups is 3. The van der Waals surface area contributed by atoms with Crippen LogP contribution in [0.15, 0.2) is 24.3 Å². The van der Waals surface area contributed by atoms with Crippen molar-refractivity contribution in [3.63, 3.8) is 0 Å². The summed E-state index contributed by atoms with van der Waals surface area (Å²) in [6.07, 6.45) is 79.2. The molecule has 0 aliphatic rings. The first-order valence-corrected chi connectivity index (χ1v) is 34.3. The lowest BCUT2D eigenvalue weighted by atomic mass is 10.0. The Bertz CT molecular complexity index is 1230. The molecule has 1 unspecified atom stereocenters. The van der Waals surface area contributed by atoms with Crippen LogP contribution >= 0.6 is 0 Å². The second-order valence-corrected chi connectivity index (χ2v) is 23.5. The van der Waals surface area contributed by atoms with Gasteiger partial charge in [-0.3, -0.25) is 14.4 Å². The molecule has 0 amide bonds. The van der Waals surface area contributed by atoms with Crippen LogP contribution in [0.25, 0.3) is 0 Å². The highest BCUT2D eigenvalue weighted by atomic mass is 16.6. The number of ether oxygens (including phenoxy) is 3. The van der Waals surface area contributed by atoms with Gasteiger partial charge in [-0.2, -0.15) is 0 Å². The smallest absolute Gasteiger partial charge is 0.306 e. The standard InChI is InChI=1S/C70H132O6/c1-4-7-10-13-16-19-22-25-27-28-29-30-31-32-33-34-35-36-37-38-39-40-41-42-44-45-48-51-54-57-60-63-69(72)75-66-67(65-74-68(71)62-59-56-53-50-47-24-21-18-15-12-9-6-3)76-70(73)64-61-58-55-52-49-46-43-26-23-20-17-14-11-8-5-2/h22,25,28-29,67H,4-21,23-24,26-27,30-66H2,1-3H3/b25-22-,29-28-. The Morgan fingerprint density at radius 1 is 0.263 bits per heavy atom. The predicted octanol–water partition coefficient (Wildman–Crippen LogP) is 23.4. The van der Waals surface area contributed by atoms with Gasteiger partial charge in [0.15, 0.2) is 6.10 Å². The van der Waals surface area contributed by atoms with E-state index in [1.54, 1.807) is 0 Å². The molecule has 448 valence electrons. The largest absolute Gasteiger partial charge is 0.462 e. The highest BCUT2D eigenvalue weighted by Gasteiger charge is 2.19. The molecule has 1 atom stereocenters. The fraction of sp³-hybridized carbons (Fsp3) is 0.900. The summed E-state index contributed by atoms with van der Waals surface area (Å²) in [5.41, 5.74) is 0. The predicted molar refractivity (Wildman–Crippen MR) is 330 cm³/mol. The Morgan fingerprint density at radius 2 is 0.474 bits per heavy atom. The second kappa shape index (κ2) is 65.4. The number of allylic oxidation sites excluding steroid dienone is 4. The van der Waals surface area contributed by atoms with Crippen molar-refractivity contribution in [3.8, 4) is 0 Å². The van der Waals surface area contributed by atoms with Crippen LogP contribution in [0.3, 0.4) is 0 Å². The van der Waals surface area contributed by atoms with Gasteiger partial charge in [0, 0.05) is 19.3 Å². The average Bonchev–Trinajstić information content (AvgIpc) is 3.42. The molecule has 0 heterocycles. The molecule has 0 bridgehead atoms. The van der Waals surface area contributed by atoms with Gasteiger partial charge in [-0.05, 0) is 51.4 Å². The van der Waals surface area contributed by atoms with Crippen LogP contribution in [0.4, 0.5) is 0 Å². The normalized spacial score (nSPS) is 12.1. The summed E-state index contributed by atoms with van der Waals surface area (Å²) in [4.78, 5) is 38.3. The zero-order valence-electron chi connectivity index (χ0n) is 51.6. The van der Waals surface area contributed by atoms with Crippen molar-refractivity contribution in [3.05, 3.63) is 24.3 Å². The van der Waals surface area contributed by atoms with Gasteiger partial charge >= 0.3 is 17.9 Å². The third-order valence-electron chi connectivity index (χ3n) is 15.7. The molecule has 0 spiro atoms. The van der Waals surface area contributed by atoms with Gasteiger partial charge in [0.05, 0.1) is 0 Å². The molecule has 0 rings (SSSR count). The molecule has 0 aromatic rings. The third-order valence-corrected chi connectivity index (χ3v) is 15.7. The molecule has 0 N–H and O–H groups in total. The number of unbranched alkanes of at least 4 members (excludes halogenated alkanes) is 49. The van der Waals surface area contributed by atoms with Crippen LogP contribution in [-0.4, -0.2) is 37.2 Å². The quantitative estimate of drug-likeness (QED) is 0.0261.